The first-order valence-corrected chi connectivity index (χ1v) is 7.08. The summed E-state index contributed by atoms with van der Waals surface area (Å²) in [5, 5.41) is 0. The van der Waals surface area contributed by atoms with Crippen molar-refractivity contribution in [1.82, 2.24) is 9.80 Å². The fourth-order valence-electron chi connectivity index (χ4n) is 2.14. The normalized spacial score (nSPS) is 10.6. The van der Waals surface area contributed by atoms with Crippen LogP contribution in [0.1, 0.15) is 19.4 Å². The molecule has 0 radical (unpaired) electrons. The molecule has 1 aromatic rings. The van der Waals surface area contributed by atoms with E-state index in [1.165, 1.54) is 0 Å². The summed E-state index contributed by atoms with van der Waals surface area (Å²) in [6.07, 6.45) is 0.421. The van der Waals surface area contributed by atoms with Crippen molar-refractivity contribution in [3.8, 4) is 0 Å². The van der Waals surface area contributed by atoms with E-state index < -0.39 is 0 Å². The van der Waals surface area contributed by atoms with Crippen molar-refractivity contribution in [3.05, 3.63) is 35.9 Å². The minimum absolute atomic E-state index is 0.0741. The number of carbonyl (C=O) groups excluding carboxylic acids is 2. The van der Waals surface area contributed by atoms with Gasteiger partial charge in [0.25, 0.3) is 0 Å². The maximum absolute atomic E-state index is 11.9. The van der Waals surface area contributed by atoms with Crippen LogP contribution >= 0.6 is 0 Å². The van der Waals surface area contributed by atoms with E-state index in [2.05, 4.69) is 0 Å². The molecule has 4 heteroatoms. The molecule has 0 saturated heterocycles. The Bertz CT molecular complexity index is 427. The molecule has 0 heterocycles. The minimum Gasteiger partial charge on any atom is -0.342 e. The molecule has 1 rings (SSSR count). The van der Waals surface area contributed by atoms with E-state index in [1.54, 1.807) is 9.80 Å². The van der Waals surface area contributed by atoms with Gasteiger partial charge in [-0.15, -0.1) is 0 Å². The van der Waals surface area contributed by atoms with E-state index >= 15 is 0 Å². The van der Waals surface area contributed by atoms with Crippen LogP contribution in [0, 0.1) is 0 Å². The van der Waals surface area contributed by atoms with Gasteiger partial charge in [0.1, 0.15) is 0 Å². The topological polar surface area (TPSA) is 40.6 Å². The highest BCUT2D eigenvalue weighted by molar-refractivity contribution is 5.84. The molecular weight excluding hydrogens is 252 g/mol. The summed E-state index contributed by atoms with van der Waals surface area (Å²) < 4.78 is 0. The number of nitrogens with zero attached hydrogens (tertiary/aromatic N) is 2. The molecular formula is C16H24N2O2. The summed E-state index contributed by atoms with van der Waals surface area (Å²) in [6, 6.07) is 9.67. The lowest BCUT2D eigenvalue weighted by Gasteiger charge is -2.22. The number of ketones is 1. The van der Waals surface area contributed by atoms with Gasteiger partial charge in [-0.25, -0.2) is 0 Å². The number of hydrogen-bond acceptors (Lipinski definition) is 3. The molecule has 0 fully saturated rings. The van der Waals surface area contributed by atoms with Crippen molar-refractivity contribution in [2.45, 2.75) is 20.3 Å². The summed E-state index contributed by atoms with van der Waals surface area (Å²) in [5.74, 6) is 0.205. The van der Waals surface area contributed by atoms with Crippen LogP contribution in [-0.4, -0.2) is 54.7 Å². The average Bonchev–Trinajstić information content (AvgIpc) is 2.40. The number of benzene rings is 1. The monoisotopic (exact) mass is 276 g/mol. The number of Topliss-reactive ketones (excluding diaryl/α,β-unsaturated/α-hetero) is 1. The van der Waals surface area contributed by atoms with Crippen molar-refractivity contribution >= 4 is 11.7 Å². The minimum atomic E-state index is 0.0741. The second-order valence-electron chi connectivity index (χ2n) is 4.94. The van der Waals surface area contributed by atoms with Crippen molar-refractivity contribution in [1.29, 1.82) is 0 Å². The summed E-state index contributed by atoms with van der Waals surface area (Å²) in [4.78, 5) is 27.4. The summed E-state index contributed by atoms with van der Waals surface area (Å²) in [6.45, 7) is 5.94. The van der Waals surface area contributed by atoms with E-state index in [9.17, 15) is 9.59 Å². The lowest BCUT2D eigenvalue weighted by Crippen LogP contribution is -2.40. The number of rotatable bonds is 8. The van der Waals surface area contributed by atoms with Gasteiger partial charge < -0.3 is 4.90 Å². The predicted molar refractivity (Wildman–Crippen MR) is 80.6 cm³/mol. The van der Waals surface area contributed by atoms with Gasteiger partial charge in [0.05, 0.1) is 13.1 Å². The van der Waals surface area contributed by atoms with Crippen LogP contribution in [0.15, 0.2) is 30.3 Å². The largest absolute Gasteiger partial charge is 0.342 e. The van der Waals surface area contributed by atoms with Crippen molar-refractivity contribution in [2.24, 2.45) is 0 Å². The number of hydrogen-bond donors (Lipinski definition) is 0. The lowest BCUT2D eigenvalue weighted by atomic mass is 10.1. The second-order valence-corrected chi connectivity index (χ2v) is 4.94. The Kier molecular flexibility index (Phi) is 6.94. The Morgan fingerprint density at radius 3 is 2.15 bits per heavy atom. The third kappa shape index (κ3) is 5.53. The van der Waals surface area contributed by atoms with E-state index in [1.807, 2.05) is 51.2 Å². The van der Waals surface area contributed by atoms with Crippen molar-refractivity contribution in [3.63, 3.8) is 0 Å². The number of amides is 1. The third-order valence-electron chi connectivity index (χ3n) is 3.21. The van der Waals surface area contributed by atoms with Crippen LogP contribution in [0.5, 0.6) is 0 Å². The highest BCUT2D eigenvalue weighted by Crippen LogP contribution is 2.01. The van der Waals surface area contributed by atoms with Gasteiger partial charge in [0.15, 0.2) is 5.78 Å². The summed E-state index contributed by atoms with van der Waals surface area (Å²) in [5.41, 5.74) is 1.01. The van der Waals surface area contributed by atoms with Crippen LogP contribution in [0.3, 0.4) is 0 Å². The standard InChI is InChI=1S/C16H24N2O2/c1-4-18(5-2)16(20)13-17(3)12-15(19)11-14-9-7-6-8-10-14/h6-10H,4-5,11-13H2,1-3H3. The van der Waals surface area contributed by atoms with Gasteiger partial charge in [0.2, 0.25) is 5.91 Å². The van der Waals surface area contributed by atoms with Gasteiger partial charge in [-0.2, -0.15) is 0 Å². The highest BCUT2D eigenvalue weighted by Gasteiger charge is 2.14. The molecule has 0 bridgehead atoms. The molecule has 4 nitrogen and oxygen atoms in total. The Balaban J connectivity index is 2.40. The zero-order valence-electron chi connectivity index (χ0n) is 12.6. The maximum Gasteiger partial charge on any atom is 0.236 e. The van der Waals surface area contributed by atoms with E-state index in [0.29, 0.717) is 32.6 Å². The molecule has 0 unspecified atom stereocenters. The zero-order valence-corrected chi connectivity index (χ0v) is 12.6. The molecule has 0 aromatic heterocycles. The second kappa shape index (κ2) is 8.48. The first kappa shape index (κ1) is 16.4. The van der Waals surface area contributed by atoms with Gasteiger partial charge in [0, 0.05) is 19.5 Å². The molecule has 1 amide bonds. The molecule has 0 N–H and O–H groups in total. The first-order chi connectivity index (χ1) is 9.56. The van der Waals surface area contributed by atoms with Crippen LogP contribution < -0.4 is 0 Å². The fourth-order valence-corrected chi connectivity index (χ4v) is 2.14. The third-order valence-corrected chi connectivity index (χ3v) is 3.21. The fraction of sp³-hybridized carbons (Fsp3) is 0.500. The molecule has 110 valence electrons. The van der Waals surface area contributed by atoms with Gasteiger partial charge in [-0.3, -0.25) is 14.5 Å². The molecule has 0 atom stereocenters. The Morgan fingerprint density at radius 2 is 1.60 bits per heavy atom. The zero-order chi connectivity index (χ0) is 15.0. The van der Waals surface area contributed by atoms with E-state index in [-0.39, 0.29) is 11.7 Å². The van der Waals surface area contributed by atoms with E-state index in [0.717, 1.165) is 5.56 Å². The quantitative estimate of drug-likeness (QED) is 0.724. The molecule has 0 aliphatic rings. The van der Waals surface area contributed by atoms with E-state index in [4.69, 9.17) is 0 Å². The first-order valence-electron chi connectivity index (χ1n) is 7.08. The molecule has 0 aliphatic carbocycles. The molecule has 1 aromatic carbocycles. The van der Waals surface area contributed by atoms with Crippen LogP contribution in [0.2, 0.25) is 0 Å². The smallest absolute Gasteiger partial charge is 0.236 e. The molecule has 0 saturated carbocycles. The number of likely N-dealkylation sites (N-methyl/N-ethyl adjacent to an activating group) is 2. The van der Waals surface area contributed by atoms with Crippen molar-refractivity contribution in [2.75, 3.05) is 33.2 Å². The average molecular weight is 276 g/mol. The lowest BCUT2D eigenvalue weighted by molar-refractivity contribution is -0.132. The Labute approximate surface area is 121 Å². The van der Waals surface area contributed by atoms with Crippen LogP contribution in [0.4, 0.5) is 0 Å². The molecule has 0 spiro atoms. The van der Waals surface area contributed by atoms with Gasteiger partial charge in [-0.1, -0.05) is 30.3 Å². The summed E-state index contributed by atoms with van der Waals surface area (Å²) in [7, 11) is 1.81. The molecule has 0 aliphatic heterocycles. The Morgan fingerprint density at radius 1 is 1.00 bits per heavy atom. The number of carbonyl (C=O) groups is 2. The van der Waals surface area contributed by atoms with Crippen LogP contribution in [-0.2, 0) is 16.0 Å². The van der Waals surface area contributed by atoms with Crippen molar-refractivity contribution < 1.29 is 9.59 Å². The maximum atomic E-state index is 11.9. The Hall–Kier alpha value is -1.68. The molecule has 20 heavy (non-hydrogen) atoms. The SMILES string of the molecule is CCN(CC)C(=O)CN(C)CC(=O)Cc1ccccc1. The predicted octanol–water partition coefficient (Wildman–Crippen LogP) is 1.60. The van der Waals surface area contributed by atoms with Crippen LogP contribution in [0.25, 0.3) is 0 Å². The highest BCUT2D eigenvalue weighted by atomic mass is 16.2. The summed E-state index contributed by atoms with van der Waals surface area (Å²) >= 11 is 0. The van der Waals surface area contributed by atoms with Gasteiger partial charge in [-0.05, 0) is 26.5 Å². The van der Waals surface area contributed by atoms with Gasteiger partial charge >= 0.3 is 0 Å².